The normalized spacial score (nSPS) is 20.3. The molecular weight excluding hydrogens is 308 g/mol. The van der Waals surface area contributed by atoms with E-state index in [-0.39, 0.29) is 0 Å². The molecule has 0 bridgehead atoms. The molecule has 3 heterocycles. The standard InChI is InChI=1S/C16H16N6S/c17-5-9-3-10(4-9)22-7-12(13-2-1-11(6-18)23-13)14-15(19)20-8-21-16(14)22/h1-2,7-10H,3-5,17H2,(H2,19,20,21). The summed E-state index contributed by atoms with van der Waals surface area (Å²) in [7, 11) is 0. The van der Waals surface area contributed by atoms with Crippen LogP contribution < -0.4 is 11.5 Å². The average Bonchev–Trinajstić information content (AvgIpc) is 3.12. The molecule has 3 aromatic heterocycles. The van der Waals surface area contributed by atoms with Gasteiger partial charge in [0.2, 0.25) is 0 Å². The molecule has 0 radical (unpaired) electrons. The maximum Gasteiger partial charge on any atom is 0.146 e. The third-order valence-corrected chi connectivity index (χ3v) is 5.58. The van der Waals surface area contributed by atoms with E-state index in [0.717, 1.165) is 40.9 Å². The summed E-state index contributed by atoms with van der Waals surface area (Å²) in [6.07, 6.45) is 5.74. The first-order chi connectivity index (χ1) is 11.2. The van der Waals surface area contributed by atoms with Crippen LogP contribution in [-0.2, 0) is 0 Å². The molecule has 23 heavy (non-hydrogen) atoms. The molecule has 0 unspecified atom stereocenters. The average molecular weight is 324 g/mol. The Morgan fingerprint density at radius 2 is 2.17 bits per heavy atom. The fourth-order valence-corrected chi connectivity index (χ4v) is 4.06. The van der Waals surface area contributed by atoms with Crippen molar-refractivity contribution >= 4 is 28.2 Å². The number of anilines is 1. The summed E-state index contributed by atoms with van der Waals surface area (Å²) in [6.45, 7) is 0.732. The van der Waals surface area contributed by atoms with Crippen LogP contribution in [0, 0.1) is 17.2 Å². The lowest BCUT2D eigenvalue weighted by Crippen LogP contribution is -2.31. The zero-order valence-electron chi connectivity index (χ0n) is 12.4. The molecule has 4 N–H and O–H groups in total. The van der Waals surface area contributed by atoms with E-state index >= 15 is 0 Å². The number of nitrogen functional groups attached to an aromatic ring is 1. The van der Waals surface area contributed by atoms with Gasteiger partial charge in [-0.1, -0.05) is 0 Å². The summed E-state index contributed by atoms with van der Waals surface area (Å²) >= 11 is 1.46. The maximum atomic E-state index is 9.06. The first kappa shape index (κ1) is 14.2. The van der Waals surface area contributed by atoms with Crippen molar-refractivity contribution in [3.05, 3.63) is 29.5 Å². The Morgan fingerprint density at radius 1 is 1.35 bits per heavy atom. The van der Waals surface area contributed by atoms with E-state index in [0.29, 0.717) is 22.7 Å². The Hall–Kier alpha value is -2.43. The summed E-state index contributed by atoms with van der Waals surface area (Å²) in [6, 6.07) is 6.37. The summed E-state index contributed by atoms with van der Waals surface area (Å²) in [5.41, 5.74) is 13.7. The number of nitriles is 1. The molecule has 1 fully saturated rings. The Morgan fingerprint density at radius 3 is 2.87 bits per heavy atom. The van der Waals surface area contributed by atoms with E-state index in [1.807, 2.05) is 12.1 Å². The second kappa shape index (κ2) is 5.33. The second-order valence-corrected chi connectivity index (χ2v) is 6.99. The second-order valence-electron chi connectivity index (χ2n) is 5.91. The number of nitrogens with zero attached hydrogens (tertiary/aromatic N) is 4. The van der Waals surface area contributed by atoms with E-state index in [1.54, 1.807) is 0 Å². The molecule has 1 aliphatic carbocycles. The van der Waals surface area contributed by atoms with Crippen molar-refractivity contribution in [3.8, 4) is 16.5 Å². The molecule has 3 aromatic rings. The van der Waals surface area contributed by atoms with E-state index < -0.39 is 0 Å². The molecule has 7 heteroatoms. The van der Waals surface area contributed by atoms with Crippen LogP contribution in [0.4, 0.5) is 5.82 Å². The molecule has 0 amide bonds. The molecule has 0 atom stereocenters. The van der Waals surface area contributed by atoms with Crippen molar-refractivity contribution in [3.63, 3.8) is 0 Å². The van der Waals surface area contributed by atoms with Crippen molar-refractivity contribution in [1.29, 1.82) is 5.26 Å². The zero-order chi connectivity index (χ0) is 16.0. The first-order valence-corrected chi connectivity index (χ1v) is 8.34. The quantitative estimate of drug-likeness (QED) is 0.770. The van der Waals surface area contributed by atoms with Crippen LogP contribution in [-0.4, -0.2) is 21.1 Å². The zero-order valence-corrected chi connectivity index (χ0v) is 13.3. The van der Waals surface area contributed by atoms with E-state index in [2.05, 4.69) is 26.8 Å². The molecule has 0 saturated heterocycles. The van der Waals surface area contributed by atoms with Crippen molar-refractivity contribution in [2.45, 2.75) is 18.9 Å². The van der Waals surface area contributed by atoms with Gasteiger partial charge in [0, 0.05) is 22.7 Å². The minimum atomic E-state index is 0.407. The van der Waals surface area contributed by atoms with E-state index in [9.17, 15) is 0 Å². The van der Waals surface area contributed by atoms with E-state index in [4.69, 9.17) is 16.7 Å². The molecular formula is C16H16N6S. The third kappa shape index (κ3) is 2.19. The number of hydrogen-bond acceptors (Lipinski definition) is 6. The molecule has 0 aromatic carbocycles. The minimum Gasteiger partial charge on any atom is -0.383 e. The molecule has 116 valence electrons. The van der Waals surface area contributed by atoms with Gasteiger partial charge < -0.3 is 16.0 Å². The van der Waals surface area contributed by atoms with Gasteiger partial charge in [-0.15, -0.1) is 11.3 Å². The lowest BCUT2D eigenvalue weighted by molar-refractivity contribution is 0.209. The Labute approximate surface area is 137 Å². The van der Waals surface area contributed by atoms with Crippen LogP contribution in [0.3, 0.4) is 0 Å². The van der Waals surface area contributed by atoms with Gasteiger partial charge in [-0.05, 0) is 37.4 Å². The van der Waals surface area contributed by atoms with E-state index in [1.165, 1.54) is 17.7 Å². The van der Waals surface area contributed by atoms with Crippen LogP contribution in [0.15, 0.2) is 24.7 Å². The highest BCUT2D eigenvalue weighted by atomic mass is 32.1. The van der Waals surface area contributed by atoms with Gasteiger partial charge in [0.05, 0.1) is 5.39 Å². The van der Waals surface area contributed by atoms with Crippen LogP contribution in [0.5, 0.6) is 0 Å². The van der Waals surface area contributed by atoms with Crippen LogP contribution in [0.2, 0.25) is 0 Å². The smallest absolute Gasteiger partial charge is 0.146 e. The maximum absolute atomic E-state index is 9.06. The molecule has 4 rings (SSSR count). The summed E-state index contributed by atoms with van der Waals surface area (Å²) < 4.78 is 2.20. The highest BCUT2D eigenvalue weighted by Gasteiger charge is 2.31. The van der Waals surface area contributed by atoms with Gasteiger partial charge in [-0.25, -0.2) is 9.97 Å². The fourth-order valence-electron chi connectivity index (χ4n) is 3.24. The highest BCUT2D eigenvalue weighted by Crippen LogP contribution is 2.43. The Bertz CT molecular complexity index is 912. The Balaban J connectivity index is 1.86. The summed E-state index contributed by atoms with van der Waals surface area (Å²) in [5.74, 6) is 1.07. The number of aromatic nitrogens is 3. The topological polar surface area (TPSA) is 107 Å². The van der Waals surface area contributed by atoms with Gasteiger partial charge in [-0.3, -0.25) is 0 Å². The Kier molecular flexibility index (Phi) is 3.29. The molecule has 0 aliphatic heterocycles. The number of thiophene rings is 1. The number of fused-ring (bicyclic) bond motifs is 1. The molecule has 1 saturated carbocycles. The summed E-state index contributed by atoms with van der Waals surface area (Å²) in [5, 5.41) is 9.93. The van der Waals surface area contributed by atoms with Crippen molar-refractivity contribution in [1.82, 2.24) is 14.5 Å². The molecule has 6 nitrogen and oxygen atoms in total. The van der Waals surface area contributed by atoms with Crippen LogP contribution in [0.1, 0.15) is 23.8 Å². The van der Waals surface area contributed by atoms with Crippen LogP contribution >= 0.6 is 11.3 Å². The number of nitrogens with two attached hydrogens (primary N) is 2. The fraction of sp³-hybridized carbons (Fsp3) is 0.312. The van der Waals surface area contributed by atoms with Gasteiger partial charge in [0.25, 0.3) is 0 Å². The van der Waals surface area contributed by atoms with Gasteiger partial charge in [0.15, 0.2) is 0 Å². The number of hydrogen-bond donors (Lipinski definition) is 2. The van der Waals surface area contributed by atoms with Crippen molar-refractivity contribution < 1.29 is 0 Å². The largest absolute Gasteiger partial charge is 0.383 e. The number of rotatable bonds is 3. The van der Waals surface area contributed by atoms with Crippen molar-refractivity contribution in [2.75, 3.05) is 12.3 Å². The molecule has 0 spiro atoms. The first-order valence-electron chi connectivity index (χ1n) is 7.52. The van der Waals surface area contributed by atoms with Gasteiger partial charge in [-0.2, -0.15) is 5.26 Å². The van der Waals surface area contributed by atoms with Crippen LogP contribution in [0.25, 0.3) is 21.5 Å². The summed E-state index contributed by atoms with van der Waals surface area (Å²) in [4.78, 5) is 10.3. The monoisotopic (exact) mass is 324 g/mol. The van der Waals surface area contributed by atoms with Gasteiger partial charge in [0.1, 0.15) is 28.7 Å². The predicted octanol–water partition coefficient (Wildman–Crippen LogP) is 2.52. The lowest BCUT2D eigenvalue weighted by Gasteiger charge is -2.35. The van der Waals surface area contributed by atoms with Crippen molar-refractivity contribution in [2.24, 2.45) is 11.7 Å². The SMILES string of the molecule is N#Cc1ccc(-c2cn(C3CC(CN)C3)c3ncnc(N)c23)s1. The minimum absolute atomic E-state index is 0.407. The highest BCUT2D eigenvalue weighted by molar-refractivity contribution is 7.16. The molecule has 1 aliphatic rings. The lowest BCUT2D eigenvalue weighted by atomic mass is 9.80. The van der Waals surface area contributed by atoms with Gasteiger partial charge >= 0.3 is 0 Å². The third-order valence-electron chi connectivity index (χ3n) is 4.56. The predicted molar refractivity (Wildman–Crippen MR) is 90.8 cm³/mol.